The quantitative estimate of drug-likeness (QED) is 0.857. The number of rotatable bonds is 2. The number of ether oxygens (including phenoxy) is 1. The summed E-state index contributed by atoms with van der Waals surface area (Å²) in [4.78, 5) is 21.2. The van der Waals surface area contributed by atoms with Crippen LogP contribution in [0.3, 0.4) is 0 Å². The minimum atomic E-state index is -0.0671. The first-order chi connectivity index (χ1) is 8.61. The lowest BCUT2D eigenvalue weighted by Crippen LogP contribution is -2.43. The Balaban J connectivity index is 1.89. The fourth-order valence-corrected chi connectivity index (χ4v) is 2.70. The Bertz CT molecular complexity index is 485. The van der Waals surface area contributed by atoms with Crippen molar-refractivity contribution in [3.05, 3.63) is 22.2 Å². The average Bonchev–Trinajstić information content (AvgIpc) is 2.67. The molecule has 98 valence electrons. The molecule has 2 bridgehead atoms. The molecule has 0 saturated carbocycles. The van der Waals surface area contributed by atoms with E-state index in [1.54, 1.807) is 6.07 Å². The topological polar surface area (TPSA) is 58.2 Å². The van der Waals surface area contributed by atoms with E-state index in [0.717, 1.165) is 37.6 Å². The predicted octanol–water partition coefficient (Wildman–Crippen LogP) is 1.26. The Morgan fingerprint density at radius 2 is 2.06 bits per heavy atom. The fraction of sp³-hybridized carbons (Fsp3) is 0.692. The molecule has 1 aromatic rings. The molecule has 2 saturated heterocycles. The van der Waals surface area contributed by atoms with Gasteiger partial charge in [0.1, 0.15) is 11.6 Å². The molecule has 0 aromatic carbocycles. The first-order valence-corrected chi connectivity index (χ1v) is 6.63. The van der Waals surface area contributed by atoms with E-state index in [4.69, 9.17) is 4.74 Å². The zero-order valence-corrected chi connectivity index (χ0v) is 10.8. The first kappa shape index (κ1) is 11.7. The molecule has 18 heavy (non-hydrogen) atoms. The van der Waals surface area contributed by atoms with E-state index >= 15 is 0 Å². The summed E-state index contributed by atoms with van der Waals surface area (Å²) < 4.78 is 5.80. The number of aromatic nitrogens is 2. The van der Waals surface area contributed by atoms with Crippen LogP contribution < -0.4 is 10.5 Å². The van der Waals surface area contributed by atoms with Gasteiger partial charge in [0.05, 0.1) is 12.2 Å². The highest BCUT2D eigenvalue weighted by Gasteiger charge is 2.34. The molecule has 2 aliphatic heterocycles. The van der Waals surface area contributed by atoms with E-state index in [0.29, 0.717) is 12.2 Å². The third kappa shape index (κ3) is 2.14. The molecule has 1 N–H and O–H groups in total. The summed E-state index contributed by atoms with van der Waals surface area (Å²) in [6, 6.07) is 1.59. The number of nitrogens with one attached hydrogen (secondary N) is 1. The molecule has 0 radical (unpaired) electrons. The van der Waals surface area contributed by atoms with Crippen molar-refractivity contribution in [2.24, 2.45) is 0 Å². The Morgan fingerprint density at radius 1 is 1.39 bits per heavy atom. The zero-order chi connectivity index (χ0) is 12.7. The van der Waals surface area contributed by atoms with E-state index in [2.05, 4.69) is 14.9 Å². The zero-order valence-electron chi connectivity index (χ0n) is 10.8. The van der Waals surface area contributed by atoms with Crippen molar-refractivity contribution in [3.63, 3.8) is 0 Å². The lowest BCUT2D eigenvalue weighted by atomic mass is 10.2. The van der Waals surface area contributed by atoms with Crippen LogP contribution in [0.25, 0.3) is 0 Å². The number of anilines is 1. The number of morpholine rings is 1. The van der Waals surface area contributed by atoms with Crippen molar-refractivity contribution in [1.82, 2.24) is 9.97 Å². The van der Waals surface area contributed by atoms with Gasteiger partial charge in [0, 0.05) is 25.1 Å². The molecule has 5 heteroatoms. The lowest BCUT2D eigenvalue weighted by molar-refractivity contribution is 0.0302. The van der Waals surface area contributed by atoms with Gasteiger partial charge in [-0.1, -0.05) is 13.8 Å². The number of hydrogen-bond donors (Lipinski definition) is 1. The van der Waals surface area contributed by atoms with Crippen molar-refractivity contribution in [3.8, 4) is 0 Å². The van der Waals surface area contributed by atoms with Crippen molar-refractivity contribution in [2.45, 2.75) is 44.8 Å². The Labute approximate surface area is 106 Å². The molecular formula is C13H19N3O2. The SMILES string of the molecule is CC(C)c1nc(N2CC3CCC(C2)O3)cc(=O)[nH]1. The van der Waals surface area contributed by atoms with Crippen LogP contribution in [0.4, 0.5) is 5.82 Å². The minimum absolute atomic E-state index is 0.0671. The number of H-pyrrole nitrogens is 1. The van der Waals surface area contributed by atoms with Gasteiger partial charge in [-0.15, -0.1) is 0 Å². The van der Waals surface area contributed by atoms with Gasteiger partial charge in [0.25, 0.3) is 5.56 Å². The number of hydrogen-bond acceptors (Lipinski definition) is 4. The van der Waals surface area contributed by atoms with E-state index < -0.39 is 0 Å². The molecule has 3 rings (SSSR count). The highest BCUT2D eigenvalue weighted by Crippen LogP contribution is 2.28. The number of nitrogens with zero attached hydrogens (tertiary/aromatic N) is 2. The van der Waals surface area contributed by atoms with Gasteiger partial charge in [-0.05, 0) is 12.8 Å². The molecule has 1 aromatic heterocycles. The minimum Gasteiger partial charge on any atom is -0.371 e. The van der Waals surface area contributed by atoms with Crippen LogP contribution in [-0.4, -0.2) is 35.3 Å². The van der Waals surface area contributed by atoms with Crippen LogP contribution in [0.1, 0.15) is 38.4 Å². The van der Waals surface area contributed by atoms with Crippen molar-refractivity contribution < 1.29 is 4.74 Å². The molecule has 2 atom stereocenters. The van der Waals surface area contributed by atoms with Crippen LogP contribution in [0.2, 0.25) is 0 Å². The van der Waals surface area contributed by atoms with Crippen molar-refractivity contribution in [2.75, 3.05) is 18.0 Å². The summed E-state index contributed by atoms with van der Waals surface area (Å²) >= 11 is 0. The summed E-state index contributed by atoms with van der Waals surface area (Å²) in [7, 11) is 0. The van der Waals surface area contributed by atoms with Gasteiger partial charge < -0.3 is 14.6 Å². The van der Waals surface area contributed by atoms with Crippen LogP contribution in [0, 0.1) is 0 Å². The summed E-state index contributed by atoms with van der Waals surface area (Å²) in [5.74, 6) is 1.79. The normalized spacial score (nSPS) is 26.9. The van der Waals surface area contributed by atoms with Crippen molar-refractivity contribution in [1.29, 1.82) is 0 Å². The maximum Gasteiger partial charge on any atom is 0.252 e. The molecule has 2 fully saturated rings. The fourth-order valence-electron chi connectivity index (χ4n) is 2.70. The highest BCUT2D eigenvalue weighted by atomic mass is 16.5. The van der Waals surface area contributed by atoms with Gasteiger partial charge in [0.2, 0.25) is 0 Å². The Kier molecular flexibility index (Phi) is 2.86. The van der Waals surface area contributed by atoms with Gasteiger partial charge in [-0.2, -0.15) is 0 Å². The van der Waals surface area contributed by atoms with E-state index in [9.17, 15) is 4.79 Å². The molecule has 2 unspecified atom stereocenters. The van der Waals surface area contributed by atoms with Gasteiger partial charge in [-0.3, -0.25) is 4.79 Å². The monoisotopic (exact) mass is 249 g/mol. The van der Waals surface area contributed by atoms with Crippen LogP contribution >= 0.6 is 0 Å². The summed E-state index contributed by atoms with van der Waals surface area (Å²) in [5, 5.41) is 0. The Morgan fingerprint density at radius 3 is 2.67 bits per heavy atom. The number of aromatic amines is 1. The highest BCUT2D eigenvalue weighted by molar-refractivity contribution is 5.39. The molecule has 2 aliphatic rings. The first-order valence-electron chi connectivity index (χ1n) is 6.63. The van der Waals surface area contributed by atoms with Crippen LogP contribution in [-0.2, 0) is 4.74 Å². The largest absolute Gasteiger partial charge is 0.371 e. The molecule has 3 heterocycles. The summed E-state index contributed by atoms with van der Waals surface area (Å²) in [6.07, 6.45) is 2.88. The van der Waals surface area contributed by atoms with Gasteiger partial charge in [0.15, 0.2) is 0 Å². The molecule has 5 nitrogen and oxygen atoms in total. The third-order valence-corrected chi connectivity index (χ3v) is 3.66. The second kappa shape index (κ2) is 4.39. The second-order valence-electron chi connectivity index (χ2n) is 5.51. The smallest absolute Gasteiger partial charge is 0.252 e. The third-order valence-electron chi connectivity index (χ3n) is 3.66. The molecular weight excluding hydrogens is 230 g/mol. The summed E-state index contributed by atoms with van der Waals surface area (Å²) in [5.41, 5.74) is -0.0671. The number of fused-ring (bicyclic) bond motifs is 2. The van der Waals surface area contributed by atoms with E-state index in [1.165, 1.54) is 0 Å². The maximum atomic E-state index is 11.7. The molecule has 0 spiro atoms. The van der Waals surface area contributed by atoms with Crippen molar-refractivity contribution >= 4 is 5.82 Å². The predicted molar refractivity (Wildman–Crippen MR) is 69.1 cm³/mol. The standard InChI is InChI=1S/C13H19N3O2/c1-8(2)13-14-11(5-12(17)15-13)16-6-9-3-4-10(7-16)18-9/h5,8-10H,3-4,6-7H2,1-2H3,(H,14,15,17). The van der Waals surface area contributed by atoms with Gasteiger partial charge >= 0.3 is 0 Å². The van der Waals surface area contributed by atoms with Crippen LogP contribution in [0.5, 0.6) is 0 Å². The maximum absolute atomic E-state index is 11.7. The second-order valence-corrected chi connectivity index (χ2v) is 5.51. The average molecular weight is 249 g/mol. The van der Waals surface area contributed by atoms with E-state index in [1.807, 2.05) is 13.8 Å². The Hall–Kier alpha value is -1.36. The molecule has 0 amide bonds. The van der Waals surface area contributed by atoms with Gasteiger partial charge in [-0.25, -0.2) is 4.98 Å². The lowest BCUT2D eigenvalue weighted by Gasteiger charge is -2.33. The molecule has 0 aliphatic carbocycles. The summed E-state index contributed by atoms with van der Waals surface area (Å²) in [6.45, 7) is 5.77. The van der Waals surface area contributed by atoms with Crippen LogP contribution in [0.15, 0.2) is 10.9 Å². The van der Waals surface area contributed by atoms with E-state index in [-0.39, 0.29) is 11.5 Å².